The van der Waals surface area contributed by atoms with Gasteiger partial charge in [-0.15, -0.1) is 0 Å². The molecule has 1 unspecified atom stereocenters. The lowest BCUT2D eigenvalue weighted by Gasteiger charge is -2.14. The molecule has 1 atom stereocenters. The van der Waals surface area contributed by atoms with Gasteiger partial charge in [-0.1, -0.05) is 29.8 Å². The second kappa shape index (κ2) is 6.43. The van der Waals surface area contributed by atoms with Crippen LogP contribution in [0, 0.1) is 10.1 Å². The van der Waals surface area contributed by atoms with E-state index >= 15 is 0 Å². The van der Waals surface area contributed by atoms with Crippen LogP contribution in [0.15, 0.2) is 53.4 Å². The Morgan fingerprint density at radius 3 is 2.41 bits per heavy atom. The summed E-state index contributed by atoms with van der Waals surface area (Å²) >= 11 is 5.79. The molecule has 0 aliphatic carbocycles. The molecule has 0 amide bonds. The Bertz CT molecular complexity index is 791. The number of benzene rings is 2. The molecule has 0 spiro atoms. The highest BCUT2D eigenvalue weighted by atomic mass is 35.5. The second-order valence-corrected chi connectivity index (χ2v) is 6.80. The molecular formula is C14H13ClN2O4S. The average molecular weight is 341 g/mol. The molecule has 0 aromatic heterocycles. The van der Waals surface area contributed by atoms with Crippen LogP contribution in [0.1, 0.15) is 18.5 Å². The van der Waals surface area contributed by atoms with Gasteiger partial charge in [0.15, 0.2) is 0 Å². The van der Waals surface area contributed by atoms with Crippen LogP contribution in [0.4, 0.5) is 5.69 Å². The summed E-state index contributed by atoms with van der Waals surface area (Å²) in [6.07, 6.45) is 0. The van der Waals surface area contributed by atoms with Gasteiger partial charge in [-0.25, -0.2) is 13.1 Å². The Balaban J connectivity index is 2.25. The van der Waals surface area contributed by atoms with E-state index in [0.29, 0.717) is 5.02 Å². The molecule has 0 radical (unpaired) electrons. The molecular weight excluding hydrogens is 328 g/mol. The van der Waals surface area contributed by atoms with Gasteiger partial charge in [0.2, 0.25) is 10.0 Å². The molecule has 0 bridgehead atoms. The molecule has 2 rings (SSSR count). The normalized spacial score (nSPS) is 12.8. The van der Waals surface area contributed by atoms with Gasteiger partial charge in [-0.3, -0.25) is 10.1 Å². The Labute approximate surface area is 132 Å². The Hall–Kier alpha value is -1.96. The summed E-state index contributed by atoms with van der Waals surface area (Å²) in [7, 11) is -3.86. The van der Waals surface area contributed by atoms with Crippen molar-refractivity contribution in [1.82, 2.24) is 4.72 Å². The van der Waals surface area contributed by atoms with Crippen molar-refractivity contribution < 1.29 is 13.3 Å². The lowest BCUT2D eigenvalue weighted by molar-refractivity contribution is -0.385. The predicted molar refractivity (Wildman–Crippen MR) is 83.3 cm³/mol. The first-order valence-electron chi connectivity index (χ1n) is 6.32. The largest absolute Gasteiger partial charge is 0.270 e. The topological polar surface area (TPSA) is 89.3 Å². The average Bonchev–Trinajstić information content (AvgIpc) is 2.47. The van der Waals surface area contributed by atoms with Crippen LogP contribution >= 0.6 is 11.6 Å². The number of nitrogens with one attached hydrogen (secondary N) is 1. The quantitative estimate of drug-likeness (QED) is 0.668. The van der Waals surface area contributed by atoms with Crippen LogP contribution in [0.2, 0.25) is 5.02 Å². The Kier molecular flexibility index (Phi) is 4.80. The van der Waals surface area contributed by atoms with Gasteiger partial charge in [-0.2, -0.15) is 0 Å². The van der Waals surface area contributed by atoms with E-state index in [1.165, 1.54) is 18.2 Å². The molecule has 6 nitrogen and oxygen atoms in total. The highest BCUT2D eigenvalue weighted by molar-refractivity contribution is 7.89. The maximum Gasteiger partial charge on any atom is 0.270 e. The zero-order valence-electron chi connectivity index (χ0n) is 11.6. The molecule has 1 N–H and O–H groups in total. The summed E-state index contributed by atoms with van der Waals surface area (Å²) in [6, 6.07) is 11.2. The lowest BCUT2D eigenvalue weighted by atomic mass is 10.1. The fourth-order valence-electron chi connectivity index (χ4n) is 1.88. The van der Waals surface area contributed by atoms with E-state index < -0.39 is 21.0 Å². The van der Waals surface area contributed by atoms with E-state index in [1.807, 2.05) is 0 Å². The molecule has 0 aliphatic rings. The third kappa shape index (κ3) is 3.82. The van der Waals surface area contributed by atoms with Crippen molar-refractivity contribution in [3.05, 3.63) is 69.2 Å². The van der Waals surface area contributed by atoms with E-state index in [4.69, 9.17) is 11.6 Å². The standard InChI is InChI=1S/C14H13ClN2O4S/c1-10(11-5-7-12(15)8-6-11)16-22(20,21)14-4-2-3-13(9-14)17(18)19/h2-10,16H,1H3. The van der Waals surface area contributed by atoms with Crippen molar-refractivity contribution in [2.75, 3.05) is 0 Å². The number of non-ortho nitro benzene ring substituents is 1. The number of halogens is 1. The van der Waals surface area contributed by atoms with Gasteiger partial charge < -0.3 is 0 Å². The van der Waals surface area contributed by atoms with Crippen molar-refractivity contribution >= 4 is 27.3 Å². The lowest BCUT2D eigenvalue weighted by Crippen LogP contribution is -2.26. The number of rotatable bonds is 5. The Morgan fingerprint density at radius 2 is 1.82 bits per heavy atom. The van der Waals surface area contributed by atoms with E-state index in [2.05, 4.69) is 4.72 Å². The van der Waals surface area contributed by atoms with Gasteiger partial charge in [0.1, 0.15) is 0 Å². The number of nitro groups is 1. The SMILES string of the molecule is CC(NS(=O)(=O)c1cccc([N+](=O)[O-])c1)c1ccc(Cl)cc1. The predicted octanol–water partition coefficient (Wildman–Crippen LogP) is 3.29. The van der Waals surface area contributed by atoms with E-state index in [1.54, 1.807) is 31.2 Å². The molecule has 22 heavy (non-hydrogen) atoms. The summed E-state index contributed by atoms with van der Waals surface area (Å²) in [5.41, 5.74) is 0.459. The summed E-state index contributed by atoms with van der Waals surface area (Å²) in [5, 5.41) is 11.3. The molecule has 0 saturated heterocycles. The molecule has 2 aromatic rings. The molecule has 0 fully saturated rings. The van der Waals surface area contributed by atoms with Crippen molar-refractivity contribution in [1.29, 1.82) is 0 Å². The molecule has 0 heterocycles. The number of hydrogen-bond acceptors (Lipinski definition) is 4. The third-order valence-electron chi connectivity index (χ3n) is 3.04. The minimum Gasteiger partial charge on any atom is -0.258 e. The van der Waals surface area contributed by atoms with Crippen LogP contribution < -0.4 is 4.72 Å². The van der Waals surface area contributed by atoms with E-state index in [9.17, 15) is 18.5 Å². The second-order valence-electron chi connectivity index (χ2n) is 4.65. The first-order valence-corrected chi connectivity index (χ1v) is 8.18. The van der Waals surface area contributed by atoms with Crippen LogP contribution in [0.25, 0.3) is 0 Å². The molecule has 0 aliphatic heterocycles. The zero-order chi connectivity index (χ0) is 16.3. The highest BCUT2D eigenvalue weighted by Crippen LogP contribution is 2.21. The maximum absolute atomic E-state index is 12.3. The van der Waals surface area contributed by atoms with E-state index in [-0.39, 0.29) is 10.6 Å². The van der Waals surface area contributed by atoms with Crippen molar-refractivity contribution in [2.24, 2.45) is 0 Å². The minimum absolute atomic E-state index is 0.150. The highest BCUT2D eigenvalue weighted by Gasteiger charge is 2.20. The maximum atomic E-state index is 12.3. The van der Waals surface area contributed by atoms with Crippen LogP contribution in [0.3, 0.4) is 0 Å². The van der Waals surface area contributed by atoms with Crippen molar-refractivity contribution in [3.8, 4) is 0 Å². The molecule has 2 aromatic carbocycles. The first-order chi connectivity index (χ1) is 10.3. The van der Waals surface area contributed by atoms with Crippen LogP contribution in [-0.4, -0.2) is 13.3 Å². The number of hydrogen-bond donors (Lipinski definition) is 1. The molecule has 116 valence electrons. The van der Waals surface area contributed by atoms with Crippen LogP contribution in [-0.2, 0) is 10.0 Å². The molecule has 8 heteroatoms. The van der Waals surface area contributed by atoms with Crippen LogP contribution in [0.5, 0.6) is 0 Å². The summed E-state index contributed by atoms with van der Waals surface area (Å²) in [4.78, 5) is 9.95. The van der Waals surface area contributed by atoms with Gasteiger partial charge in [-0.05, 0) is 30.7 Å². The minimum atomic E-state index is -3.86. The third-order valence-corrected chi connectivity index (χ3v) is 4.83. The number of nitro benzene ring substituents is 1. The summed E-state index contributed by atoms with van der Waals surface area (Å²) in [5.74, 6) is 0. The first kappa shape index (κ1) is 16.4. The fourth-order valence-corrected chi connectivity index (χ4v) is 3.28. The van der Waals surface area contributed by atoms with Gasteiger partial charge >= 0.3 is 0 Å². The van der Waals surface area contributed by atoms with Crippen molar-refractivity contribution in [2.45, 2.75) is 17.9 Å². The van der Waals surface area contributed by atoms with Gasteiger partial charge in [0.05, 0.1) is 9.82 Å². The Morgan fingerprint density at radius 1 is 1.18 bits per heavy atom. The number of sulfonamides is 1. The van der Waals surface area contributed by atoms with Gasteiger partial charge in [0, 0.05) is 23.2 Å². The smallest absolute Gasteiger partial charge is 0.258 e. The fraction of sp³-hybridized carbons (Fsp3) is 0.143. The summed E-state index contributed by atoms with van der Waals surface area (Å²) in [6.45, 7) is 1.68. The van der Waals surface area contributed by atoms with Crippen molar-refractivity contribution in [3.63, 3.8) is 0 Å². The summed E-state index contributed by atoms with van der Waals surface area (Å²) < 4.78 is 27.1. The van der Waals surface area contributed by atoms with E-state index in [0.717, 1.165) is 11.6 Å². The molecule has 0 saturated carbocycles. The number of nitrogens with zero attached hydrogens (tertiary/aromatic N) is 1. The van der Waals surface area contributed by atoms with Gasteiger partial charge in [0.25, 0.3) is 5.69 Å². The monoisotopic (exact) mass is 340 g/mol. The zero-order valence-corrected chi connectivity index (χ0v) is 13.1.